The van der Waals surface area contributed by atoms with Gasteiger partial charge in [0.1, 0.15) is 22.7 Å². The molecule has 2 aromatic carbocycles. The van der Waals surface area contributed by atoms with Gasteiger partial charge < -0.3 is 10.2 Å². The van der Waals surface area contributed by atoms with Crippen LogP contribution in [0.4, 0.5) is 14.5 Å². The molecule has 3 rings (SSSR count). The van der Waals surface area contributed by atoms with Gasteiger partial charge in [0, 0.05) is 6.07 Å². The van der Waals surface area contributed by atoms with Crippen LogP contribution in [0, 0.1) is 11.6 Å². The summed E-state index contributed by atoms with van der Waals surface area (Å²) in [7, 11) is 0. The second-order valence-electron chi connectivity index (χ2n) is 3.96. The molecule has 0 aliphatic heterocycles. The van der Waals surface area contributed by atoms with Gasteiger partial charge in [-0.25, -0.2) is 13.8 Å². The van der Waals surface area contributed by atoms with Crippen molar-refractivity contribution in [3.63, 3.8) is 0 Å². The molecule has 0 aliphatic rings. The summed E-state index contributed by atoms with van der Waals surface area (Å²) in [5.74, 6) is -1.64. The molecular weight excluding hydrogens is 274 g/mol. The number of rotatable bonds is 1. The zero-order valence-electron chi connectivity index (χ0n) is 9.45. The number of benzene rings is 2. The first-order valence-corrected chi connectivity index (χ1v) is 5.74. The summed E-state index contributed by atoms with van der Waals surface area (Å²) < 4.78 is 32.6. The third-order valence-electron chi connectivity index (χ3n) is 2.68. The zero-order chi connectivity index (χ0) is 13.6. The van der Waals surface area contributed by atoms with Gasteiger partial charge in [-0.15, -0.1) is 0 Å². The quantitative estimate of drug-likeness (QED) is 0.685. The Morgan fingerprint density at radius 2 is 1.84 bits per heavy atom. The largest absolute Gasteiger partial charge is 0.436 e. The van der Waals surface area contributed by atoms with E-state index in [2.05, 4.69) is 4.98 Å². The molecule has 0 atom stereocenters. The van der Waals surface area contributed by atoms with Crippen molar-refractivity contribution in [1.82, 2.24) is 4.98 Å². The van der Waals surface area contributed by atoms with E-state index in [1.807, 2.05) is 0 Å². The van der Waals surface area contributed by atoms with Crippen molar-refractivity contribution in [3.8, 4) is 11.5 Å². The Balaban J connectivity index is 2.26. The first-order chi connectivity index (χ1) is 9.06. The number of hydrogen-bond acceptors (Lipinski definition) is 3. The molecule has 3 nitrogen and oxygen atoms in total. The van der Waals surface area contributed by atoms with Gasteiger partial charge in [0.15, 0.2) is 5.58 Å². The van der Waals surface area contributed by atoms with E-state index in [9.17, 15) is 8.78 Å². The Hall–Kier alpha value is -2.14. The van der Waals surface area contributed by atoms with E-state index >= 15 is 0 Å². The first-order valence-electron chi connectivity index (χ1n) is 5.36. The van der Waals surface area contributed by atoms with E-state index < -0.39 is 11.6 Å². The Labute approximate surface area is 111 Å². The monoisotopic (exact) mass is 280 g/mol. The van der Waals surface area contributed by atoms with Crippen LogP contribution in [0.25, 0.3) is 22.6 Å². The van der Waals surface area contributed by atoms with Crippen molar-refractivity contribution in [2.75, 3.05) is 5.73 Å². The fourth-order valence-corrected chi connectivity index (χ4v) is 1.93. The normalized spacial score (nSPS) is 11.1. The predicted octanol–water partition coefficient (Wildman–Crippen LogP) is 4.01. The maximum atomic E-state index is 13.6. The highest BCUT2D eigenvalue weighted by Gasteiger charge is 2.17. The van der Waals surface area contributed by atoms with Crippen molar-refractivity contribution < 1.29 is 13.2 Å². The van der Waals surface area contributed by atoms with Gasteiger partial charge in [-0.1, -0.05) is 17.7 Å². The Morgan fingerprint density at radius 3 is 2.53 bits per heavy atom. The smallest absolute Gasteiger partial charge is 0.233 e. The number of nitrogens with two attached hydrogens (primary N) is 1. The predicted molar refractivity (Wildman–Crippen MR) is 68.8 cm³/mol. The Kier molecular flexibility index (Phi) is 2.64. The summed E-state index contributed by atoms with van der Waals surface area (Å²) in [5, 5.41) is 0.307. The SMILES string of the molecule is Nc1cc2oc(-c3c(F)cccc3F)nc2cc1Cl. The van der Waals surface area contributed by atoms with Crippen LogP contribution < -0.4 is 5.73 Å². The topological polar surface area (TPSA) is 52.0 Å². The second kappa shape index (κ2) is 4.20. The van der Waals surface area contributed by atoms with E-state index in [1.54, 1.807) is 0 Å². The molecular formula is C13H7ClF2N2O. The number of fused-ring (bicyclic) bond motifs is 1. The van der Waals surface area contributed by atoms with Gasteiger partial charge in [0.05, 0.1) is 10.7 Å². The van der Waals surface area contributed by atoms with Gasteiger partial charge in [-0.2, -0.15) is 0 Å². The van der Waals surface area contributed by atoms with Crippen LogP contribution in [-0.2, 0) is 0 Å². The highest BCUT2D eigenvalue weighted by molar-refractivity contribution is 6.33. The fourth-order valence-electron chi connectivity index (χ4n) is 1.77. The number of oxazole rings is 1. The second-order valence-corrected chi connectivity index (χ2v) is 4.36. The van der Waals surface area contributed by atoms with Gasteiger partial charge in [-0.05, 0) is 18.2 Å². The molecule has 0 amide bonds. The third-order valence-corrected chi connectivity index (χ3v) is 3.01. The van der Waals surface area contributed by atoms with Crippen LogP contribution in [0.2, 0.25) is 5.02 Å². The molecule has 0 spiro atoms. The van der Waals surface area contributed by atoms with Crippen molar-refractivity contribution in [2.24, 2.45) is 0 Å². The minimum absolute atomic E-state index is 0.146. The molecule has 0 saturated carbocycles. The highest BCUT2D eigenvalue weighted by atomic mass is 35.5. The molecule has 2 N–H and O–H groups in total. The van der Waals surface area contributed by atoms with Crippen LogP contribution in [0.5, 0.6) is 0 Å². The lowest BCUT2D eigenvalue weighted by Crippen LogP contribution is -1.89. The molecule has 96 valence electrons. The molecule has 0 bridgehead atoms. The van der Waals surface area contributed by atoms with Crippen LogP contribution in [0.3, 0.4) is 0 Å². The lowest BCUT2D eigenvalue weighted by atomic mass is 10.2. The van der Waals surface area contributed by atoms with Crippen LogP contribution in [0.1, 0.15) is 0 Å². The van der Waals surface area contributed by atoms with E-state index in [0.29, 0.717) is 21.8 Å². The molecule has 0 saturated heterocycles. The molecule has 3 aromatic rings. The summed E-state index contributed by atoms with van der Waals surface area (Å²) in [4.78, 5) is 4.02. The van der Waals surface area contributed by atoms with Gasteiger partial charge in [0.2, 0.25) is 5.89 Å². The summed E-state index contributed by atoms with van der Waals surface area (Å²) >= 11 is 5.85. The van der Waals surface area contributed by atoms with E-state index in [4.69, 9.17) is 21.8 Å². The van der Waals surface area contributed by atoms with Crippen molar-refractivity contribution >= 4 is 28.4 Å². The number of anilines is 1. The lowest BCUT2D eigenvalue weighted by Gasteiger charge is -1.98. The number of aromatic nitrogens is 1. The van der Waals surface area contributed by atoms with Crippen LogP contribution in [-0.4, -0.2) is 4.98 Å². The maximum absolute atomic E-state index is 13.6. The van der Waals surface area contributed by atoms with Crippen molar-refractivity contribution in [1.29, 1.82) is 0 Å². The lowest BCUT2D eigenvalue weighted by molar-refractivity contribution is 0.561. The number of nitrogen functional groups attached to an aromatic ring is 1. The van der Waals surface area contributed by atoms with Gasteiger partial charge in [-0.3, -0.25) is 0 Å². The average Bonchev–Trinajstić information content (AvgIpc) is 2.72. The summed E-state index contributed by atoms with van der Waals surface area (Å²) in [5.41, 5.74) is 6.33. The summed E-state index contributed by atoms with van der Waals surface area (Å²) in [6.07, 6.45) is 0. The van der Waals surface area contributed by atoms with Gasteiger partial charge >= 0.3 is 0 Å². The van der Waals surface area contributed by atoms with Crippen molar-refractivity contribution in [3.05, 3.63) is 47.0 Å². The minimum Gasteiger partial charge on any atom is -0.436 e. The van der Waals surface area contributed by atoms with Crippen molar-refractivity contribution in [2.45, 2.75) is 0 Å². The zero-order valence-corrected chi connectivity index (χ0v) is 10.2. The maximum Gasteiger partial charge on any atom is 0.233 e. The molecule has 0 aliphatic carbocycles. The Bertz CT molecular complexity index is 726. The highest BCUT2D eigenvalue weighted by Crippen LogP contribution is 2.31. The van der Waals surface area contributed by atoms with Crippen LogP contribution >= 0.6 is 11.6 Å². The average molecular weight is 281 g/mol. The molecule has 1 heterocycles. The summed E-state index contributed by atoms with van der Waals surface area (Å²) in [6, 6.07) is 6.49. The standard InChI is InChI=1S/C13H7ClF2N2O/c14-6-4-10-11(5-9(6)17)19-13(18-10)12-7(15)2-1-3-8(12)16/h1-5H,17H2. The first kappa shape index (κ1) is 11.9. The summed E-state index contributed by atoms with van der Waals surface area (Å²) in [6.45, 7) is 0. The number of hydrogen-bond donors (Lipinski definition) is 1. The van der Waals surface area contributed by atoms with Crippen LogP contribution in [0.15, 0.2) is 34.7 Å². The molecule has 0 radical (unpaired) electrons. The molecule has 0 fully saturated rings. The number of nitrogens with zero attached hydrogens (tertiary/aromatic N) is 1. The minimum atomic E-state index is -0.745. The Morgan fingerprint density at radius 1 is 1.16 bits per heavy atom. The third kappa shape index (κ3) is 1.92. The van der Waals surface area contributed by atoms with Gasteiger partial charge in [0.25, 0.3) is 0 Å². The number of halogens is 3. The van der Waals surface area contributed by atoms with E-state index in [-0.39, 0.29) is 11.5 Å². The fraction of sp³-hybridized carbons (Fsp3) is 0. The van der Waals surface area contributed by atoms with E-state index in [1.165, 1.54) is 18.2 Å². The molecule has 1 aromatic heterocycles. The molecule has 0 unspecified atom stereocenters. The molecule has 6 heteroatoms. The van der Waals surface area contributed by atoms with E-state index in [0.717, 1.165) is 12.1 Å². The molecule has 19 heavy (non-hydrogen) atoms.